The molecule has 1 fully saturated rings. The number of nitrogens with one attached hydrogen (secondary N) is 1. The quantitative estimate of drug-likeness (QED) is 0.272. The minimum Gasteiger partial charge on any atom is -0.497 e. The van der Waals surface area contributed by atoms with Gasteiger partial charge in [0.25, 0.3) is 5.91 Å². The van der Waals surface area contributed by atoms with Crippen LogP contribution in [0.2, 0.25) is 0 Å². The second-order valence-corrected chi connectivity index (χ2v) is 11.2. The molecular weight excluding hydrogens is 596 g/mol. The zero-order valence-corrected chi connectivity index (χ0v) is 25.6. The van der Waals surface area contributed by atoms with Crippen molar-refractivity contribution in [1.82, 2.24) is 20.3 Å². The molecule has 1 aliphatic carbocycles. The van der Waals surface area contributed by atoms with Crippen molar-refractivity contribution in [2.24, 2.45) is 11.8 Å². The Labute approximate surface area is 264 Å². The molecule has 0 unspecified atom stereocenters. The largest absolute Gasteiger partial charge is 0.497 e. The Kier molecular flexibility index (Phi) is 7.51. The number of esters is 1. The van der Waals surface area contributed by atoms with Gasteiger partial charge in [-0.15, -0.1) is 5.10 Å². The van der Waals surface area contributed by atoms with Crippen molar-refractivity contribution in [2.75, 3.05) is 41.8 Å². The second-order valence-electron chi connectivity index (χ2n) is 11.2. The summed E-state index contributed by atoms with van der Waals surface area (Å²) in [6.07, 6.45) is 1.59. The highest BCUT2D eigenvalue weighted by molar-refractivity contribution is 5.92. The van der Waals surface area contributed by atoms with Crippen LogP contribution in [0.5, 0.6) is 34.5 Å². The van der Waals surface area contributed by atoms with Crippen LogP contribution < -0.4 is 33.7 Å². The van der Waals surface area contributed by atoms with Gasteiger partial charge in [0.15, 0.2) is 28.7 Å². The summed E-state index contributed by atoms with van der Waals surface area (Å²) in [6, 6.07) is 14.4. The van der Waals surface area contributed by atoms with Crippen LogP contribution in [0.15, 0.2) is 54.7 Å². The lowest BCUT2D eigenvalue weighted by Gasteiger charge is -2.39. The van der Waals surface area contributed by atoms with Crippen molar-refractivity contribution in [2.45, 2.75) is 18.5 Å². The fourth-order valence-electron chi connectivity index (χ4n) is 6.64. The van der Waals surface area contributed by atoms with Gasteiger partial charge in [0, 0.05) is 11.8 Å². The zero-order chi connectivity index (χ0) is 31.9. The minimum absolute atomic E-state index is 0.0658. The fraction of sp³-hybridized carbons (Fsp3) is 0.333. The summed E-state index contributed by atoms with van der Waals surface area (Å²) in [7, 11) is 6.23. The summed E-state index contributed by atoms with van der Waals surface area (Å²) < 4.78 is 40.8. The van der Waals surface area contributed by atoms with Gasteiger partial charge in [-0.3, -0.25) is 9.59 Å². The van der Waals surface area contributed by atoms with Crippen LogP contribution in [0.4, 0.5) is 0 Å². The predicted molar refractivity (Wildman–Crippen MR) is 161 cm³/mol. The summed E-state index contributed by atoms with van der Waals surface area (Å²) in [4.78, 5) is 27.2. The molecule has 1 N–H and O–H groups in total. The number of cyclic esters (lactones) is 1. The molecule has 13 heteroatoms. The first-order chi connectivity index (χ1) is 22.4. The van der Waals surface area contributed by atoms with E-state index in [1.165, 1.54) is 7.11 Å². The molecule has 1 aromatic heterocycles. The van der Waals surface area contributed by atoms with Crippen molar-refractivity contribution in [1.29, 1.82) is 0 Å². The first-order valence-corrected chi connectivity index (χ1v) is 14.7. The Morgan fingerprint density at radius 3 is 2.26 bits per heavy atom. The Bertz CT molecular complexity index is 1780. The van der Waals surface area contributed by atoms with Crippen LogP contribution in [-0.4, -0.2) is 68.7 Å². The number of nitrogens with zero attached hydrogens (tertiary/aromatic N) is 3. The van der Waals surface area contributed by atoms with Crippen LogP contribution in [0.3, 0.4) is 0 Å². The van der Waals surface area contributed by atoms with Crippen LogP contribution in [0.1, 0.15) is 44.7 Å². The topological polar surface area (TPSA) is 141 Å². The number of ether oxygens (including phenoxy) is 7. The molecular formula is C33H32N4O9. The maximum atomic E-state index is 13.7. The van der Waals surface area contributed by atoms with E-state index in [0.717, 1.165) is 28.0 Å². The number of carbonyl (C=O) groups excluding carboxylic acids is 2. The van der Waals surface area contributed by atoms with E-state index in [4.69, 9.17) is 33.2 Å². The molecule has 2 aliphatic heterocycles. The lowest BCUT2D eigenvalue weighted by molar-refractivity contribution is -0.141. The molecule has 0 bridgehead atoms. The van der Waals surface area contributed by atoms with Gasteiger partial charge in [-0.05, 0) is 58.7 Å². The predicted octanol–water partition coefficient (Wildman–Crippen LogP) is 3.50. The number of hydrogen-bond acceptors (Lipinski definition) is 11. The molecule has 46 heavy (non-hydrogen) atoms. The van der Waals surface area contributed by atoms with Gasteiger partial charge >= 0.3 is 5.97 Å². The molecule has 0 saturated carbocycles. The van der Waals surface area contributed by atoms with E-state index in [1.807, 2.05) is 48.5 Å². The number of carbonyl (C=O) groups is 2. The minimum atomic E-state index is -0.633. The molecule has 4 atom stereocenters. The Hall–Kier alpha value is -5.46. The van der Waals surface area contributed by atoms with E-state index in [0.29, 0.717) is 35.3 Å². The van der Waals surface area contributed by atoms with Crippen LogP contribution >= 0.6 is 0 Å². The summed E-state index contributed by atoms with van der Waals surface area (Å²) in [5.74, 6) is 0.889. The van der Waals surface area contributed by atoms with Crippen LogP contribution in [0.25, 0.3) is 0 Å². The lowest BCUT2D eigenvalue weighted by atomic mass is 9.65. The van der Waals surface area contributed by atoms with Crippen LogP contribution in [-0.2, 0) is 16.1 Å². The first-order valence-electron chi connectivity index (χ1n) is 14.7. The van der Waals surface area contributed by atoms with Gasteiger partial charge in [0.2, 0.25) is 12.5 Å². The maximum absolute atomic E-state index is 13.7. The molecule has 0 spiro atoms. The average molecular weight is 629 g/mol. The Morgan fingerprint density at radius 2 is 1.61 bits per heavy atom. The van der Waals surface area contributed by atoms with Gasteiger partial charge in [-0.1, -0.05) is 17.3 Å². The monoisotopic (exact) mass is 628 g/mol. The molecule has 3 heterocycles. The summed E-state index contributed by atoms with van der Waals surface area (Å²) >= 11 is 0. The number of benzene rings is 3. The third-order valence-corrected chi connectivity index (χ3v) is 8.79. The molecule has 0 radical (unpaired) electrons. The van der Waals surface area contributed by atoms with E-state index >= 15 is 0 Å². The van der Waals surface area contributed by atoms with Crippen molar-refractivity contribution in [3.05, 3.63) is 82.7 Å². The SMILES string of the molecule is COc1ccc(Cn2cc(C(=O)N[C@H]3c4cc5c(cc4[C@@H](c4cc(OC)c(OC)c(OC)c4)[C@H]4C(=O)OC[C@@H]43)OCO5)nn2)cc1. The number of fused-ring (bicyclic) bond motifs is 3. The number of amides is 1. The molecule has 1 saturated heterocycles. The van der Waals surface area contributed by atoms with Crippen molar-refractivity contribution in [3.63, 3.8) is 0 Å². The number of aromatic nitrogens is 3. The van der Waals surface area contributed by atoms with E-state index < -0.39 is 29.7 Å². The highest BCUT2D eigenvalue weighted by Crippen LogP contribution is 2.55. The summed E-state index contributed by atoms with van der Waals surface area (Å²) in [5, 5.41) is 11.4. The van der Waals surface area contributed by atoms with Gasteiger partial charge in [0.1, 0.15) is 5.75 Å². The molecule has 1 amide bonds. The van der Waals surface area contributed by atoms with Gasteiger partial charge in [0.05, 0.1) is 59.7 Å². The third-order valence-electron chi connectivity index (χ3n) is 8.79. The standard InChI is InChI=1S/C33H32N4O9/c1-40-19-7-5-17(6-8-19)13-37-14-23(35-36-37)32(38)34-30-21-12-25-24(45-16-46-25)11-20(21)28(29-22(30)15-44-33(29)39)18-9-26(41-2)31(43-4)27(10-18)42-3/h5-12,14,22,28-30H,13,15-16H2,1-4H3,(H,34,38)/t22-,28+,29-,30-/m0/s1. The second kappa shape index (κ2) is 11.8. The zero-order valence-electron chi connectivity index (χ0n) is 25.6. The highest BCUT2D eigenvalue weighted by atomic mass is 16.7. The van der Waals surface area contributed by atoms with Gasteiger partial charge < -0.3 is 38.5 Å². The van der Waals surface area contributed by atoms with E-state index in [-0.39, 0.29) is 25.1 Å². The smallest absolute Gasteiger partial charge is 0.310 e. The first kappa shape index (κ1) is 29.3. The molecule has 238 valence electrons. The third kappa shape index (κ3) is 4.97. The number of hydrogen-bond donors (Lipinski definition) is 1. The molecule has 13 nitrogen and oxygen atoms in total. The Balaban J connectivity index is 1.25. The van der Waals surface area contributed by atoms with E-state index in [2.05, 4.69) is 15.6 Å². The maximum Gasteiger partial charge on any atom is 0.310 e. The average Bonchev–Trinajstić information content (AvgIpc) is 3.84. The van der Waals surface area contributed by atoms with E-state index in [9.17, 15) is 9.59 Å². The summed E-state index contributed by atoms with van der Waals surface area (Å²) in [5.41, 5.74) is 3.44. The van der Waals surface area contributed by atoms with Crippen molar-refractivity contribution in [3.8, 4) is 34.5 Å². The molecule has 3 aromatic carbocycles. The van der Waals surface area contributed by atoms with Gasteiger partial charge in [-0.2, -0.15) is 0 Å². The van der Waals surface area contributed by atoms with E-state index in [1.54, 1.807) is 32.2 Å². The van der Waals surface area contributed by atoms with Crippen molar-refractivity contribution < 1.29 is 42.7 Å². The Morgan fingerprint density at radius 1 is 0.913 bits per heavy atom. The van der Waals surface area contributed by atoms with Gasteiger partial charge in [-0.25, -0.2) is 4.68 Å². The highest BCUT2D eigenvalue weighted by Gasteiger charge is 2.53. The fourth-order valence-corrected chi connectivity index (χ4v) is 6.64. The lowest BCUT2D eigenvalue weighted by Crippen LogP contribution is -2.43. The van der Waals surface area contributed by atoms with Crippen LogP contribution in [0, 0.1) is 11.8 Å². The molecule has 3 aliphatic rings. The number of methoxy groups -OCH3 is 4. The number of rotatable bonds is 9. The molecule has 4 aromatic rings. The summed E-state index contributed by atoms with van der Waals surface area (Å²) in [6.45, 7) is 0.604. The van der Waals surface area contributed by atoms with Crippen molar-refractivity contribution >= 4 is 11.9 Å². The normalized spacial score (nSPS) is 20.7. The molecule has 7 rings (SSSR count).